The first-order valence-electron chi connectivity index (χ1n) is 5.54. The lowest BCUT2D eigenvalue weighted by atomic mass is 10.2. The van der Waals surface area contributed by atoms with E-state index in [1.807, 2.05) is 0 Å². The lowest BCUT2D eigenvalue weighted by molar-refractivity contribution is -0.141. The van der Waals surface area contributed by atoms with Crippen molar-refractivity contribution in [2.75, 3.05) is 12.2 Å². The van der Waals surface area contributed by atoms with Crippen LogP contribution in [0.5, 0.6) is 0 Å². The maximum atomic E-state index is 12.6. The average molecular weight is 290 g/mol. The van der Waals surface area contributed by atoms with Gasteiger partial charge in [0.1, 0.15) is 11.4 Å². The summed E-state index contributed by atoms with van der Waals surface area (Å²) in [5, 5.41) is 4.51. The fourth-order valence-electron chi connectivity index (χ4n) is 1.29. The van der Waals surface area contributed by atoms with E-state index in [1.165, 1.54) is 6.21 Å². The number of nitrogens with two attached hydrogens (primary N) is 1. The molecule has 1 rings (SSSR count). The number of carbonyl (C=O) groups excluding carboxylic acids is 1. The molecule has 0 saturated carbocycles. The van der Waals surface area contributed by atoms with Crippen molar-refractivity contribution in [1.82, 2.24) is 4.98 Å². The Balaban J connectivity index is 3.31. The summed E-state index contributed by atoms with van der Waals surface area (Å²) in [6.45, 7) is 1.80. The van der Waals surface area contributed by atoms with Gasteiger partial charge in [0.2, 0.25) is 0 Å². The van der Waals surface area contributed by atoms with Gasteiger partial charge in [-0.15, -0.1) is 0 Å². The Bertz CT molecular complexity index is 517. The number of ether oxygens (including phenoxy) is 1. The Kier molecular flexibility index (Phi) is 5.03. The van der Waals surface area contributed by atoms with Crippen molar-refractivity contribution in [2.24, 2.45) is 10.9 Å². The molecule has 20 heavy (non-hydrogen) atoms. The van der Waals surface area contributed by atoms with Crippen molar-refractivity contribution in [1.29, 1.82) is 0 Å². The first kappa shape index (κ1) is 15.9. The lowest BCUT2D eigenvalue weighted by Crippen LogP contribution is -2.27. The van der Waals surface area contributed by atoms with Crippen LogP contribution in [0.4, 0.5) is 18.9 Å². The summed E-state index contributed by atoms with van der Waals surface area (Å²) >= 11 is 0. The van der Waals surface area contributed by atoms with Gasteiger partial charge in [-0.1, -0.05) is 6.92 Å². The zero-order valence-corrected chi connectivity index (χ0v) is 10.8. The molecule has 0 aromatic carbocycles. The predicted molar refractivity (Wildman–Crippen MR) is 66.0 cm³/mol. The number of pyridine rings is 1. The smallest absolute Gasteiger partial charge is 0.433 e. The molecule has 0 atom stereocenters. The minimum absolute atomic E-state index is 0.0884. The largest absolute Gasteiger partial charge is 0.465 e. The summed E-state index contributed by atoms with van der Waals surface area (Å²) in [5.41, 5.74) is -1.67. The molecule has 0 fully saturated rings. The van der Waals surface area contributed by atoms with Crippen molar-refractivity contribution >= 4 is 17.9 Å². The lowest BCUT2D eigenvalue weighted by Gasteiger charge is -2.16. The molecule has 9 heteroatoms. The van der Waals surface area contributed by atoms with Crippen LogP contribution in [0, 0.1) is 0 Å². The van der Waals surface area contributed by atoms with E-state index < -0.39 is 17.8 Å². The molecule has 0 amide bonds. The minimum Gasteiger partial charge on any atom is -0.465 e. The number of carbonyl (C=O) groups is 1. The second-order valence-electron chi connectivity index (χ2n) is 3.63. The third-order valence-electron chi connectivity index (χ3n) is 2.21. The van der Waals surface area contributed by atoms with E-state index in [-0.39, 0.29) is 11.3 Å². The Hall–Kier alpha value is -2.16. The Morgan fingerprint density at radius 2 is 2.25 bits per heavy atom. The van der Waals surface area contributed by atoms with Crippen molar-refractivity contribution in [3.05, 3.63) is 23.5 Å². The molecule has 0 unspecified atom stereocenters. The van der Waals surface area contributed by atoms with Gasteiger partial charge < -0.3 is 4.74 Å². The fraction of sp³-hybridized carbons (Fsp3) is 0.364. The van der Waals surface area contributed by atoms with Gasteiger partial charge in [0, 0.05) is 6.21 Å². The number of methoxy groups -OCH3 is 1. The summed E-state index contributed by atoms with van der Waals surface area (Å²) in [6.07, 6.45) is -1.86. The van der Waals surface area contributed by atoms with Crippen LogP contribution < -0.4 is 11.0 Å². The van der Waals surface area contributed by atoms with E-state index in [4.69, 9.17) is 5.84 Å². The fourth-order valence-corrected chi connectivity index (χ4v) is 1.29. The predicted octanol–water partition coefficient (Wildman–Crippen LogP) is 1.96. The van der Waals surface area contributed by atoms with Gasteiger partial charge in [0.15, 0.2) is 0 Å². The van der Waals surface area contributed by atoms with Crippen LogP contribution >= 0.6 is 0 Å². The minimum atomic E-state index is -4.67. The van der Waals surface area contributed by atoms with Gasteiger partial charge in [-0.3, -0.25) is 0 Å². The van der Waals surface area contributed by atoms with Crippen molar-refractivity contribution < 1.29 is 22.7 Å². The molecule has 0 aliphatic heterocycles. The van der Waals surface area contributed by atoms with Gasteiger partial charge in [0.05, 0.1) is 18.9 Å². The molecule has 1 aromatic rings. The molecular formula is C11H13F3N4O2. The van der Waals surface area contributed by atoms with Crippen molar-refractivity contribution in [2.45, 2.75) is 19.5 Å². The first-order chi connectivity index (χ1) is 9.31. The highest BCUT2D eigenvalue weighted by molar-refractivity contribution is 5.95. The molecule has 0 bridgehead atoms. The summed E-state index contributed by atoms with van der Waals surface area (Å²) in [6, 6.07) is 0.572. The van der Waals surface area contributed by atoms with E-state index in [9.17, 15) is 18.0 Å². The third kappa shape index (κ3) is 3.67. The number of hydrogen-bond acceptors (Lipinski definition) is 6. The second-order valence-corrected chi connectivity index (χ2v) is 3.63. The number of hydrogen-bond donors (Lipinski definition) is 1. The highest BCUT2D eigenvalue weighted by Crippen LogP contribution is 2.30. The van der Waals surface area contributed by atoms with E-state index in [0.29, 0.717) is 12.5 Å². The molecule has 0 aliphatic rings. The SMILES string of the molecule is CC/C=N\N(N)c1cnc(C(F)(F)F)cc1C(=O)OC. The molecular weight excluding hydrogens is 277 g/mol. The summed E-state index contributed by atoms with van der Waals surface area (Å²) in [7, 11) is 1.05. The Morgan fingerprint density at radius 3 is 2.75 bits per heavy atom. The standard InChI is InChI=1S/C11H13F3N4O2/c1-3-4-17-18(15)8-6-16-9(11(12,13)14)5-7(8)10(19)20-2/h4-6H,3,15H2,1-2H3/b17-4-. The van der Waals surface area contributed by atoms with Crippen LogP contribution in [0.1, 0.15) is 29.4 Å². The summed E-state index contributed by atoms with van der Waals surface area (Å²) in [4.78, 5) is 14.8. The van der Waals surface area contributed by atoms with Crippen LogP contribution in [-0.2, 0) is 10.9 Å². The van der Waals surface area contributed by atoms with Crippen molar-refractivity contribution in [3.8, 4) is 0 Å². The molecule has 0 aliphatic carbocycles. The monoisotopic (exact) mass is 290 g/mol. The zero-order valence-electron chi connectivity index (χ0n) is 10.8. The maximum absolute atomic E-state index is 12.6. The van der Waals surface area contributed by atoms with Gasteiger partial charge in [0.25, 0.3) is 0 Å². The van der Waals surface area contributed by atoms with E-state index in [1.54, 1.807) is 6.92 Å². The first-order valence-corrected chi connectivity index (χ1v) is 5.54. The third-order valence-corrected chi connectivity index (χ3v) is 2.21. The molecule has 6 nitrogen and oxygen atoms in total. The molecule has 2 N–H and O–H groups in total. The van der Waals surface area contributed by atoms with Gasteiger partial charge in [-0.05, 0) is 12.5 Å². The summed E-state index contributed by atoms with van der Waals surface area (Å²) < 4.78 is 42.2. The van der Waals surface area contributed by atoms with E-state index in [2.05, 4.69) is 14.8 Å². The van der Waals surface area contributed by atoms with Crippen LogP contribution in [-0.4, -0.2) is 24.3 Å². The second kappa shape index (κ2) is 6.33. The highest BCUT2D eigenvalue weighted by Gasteiger charge is 2.34. The quantitative estimate of drug-likeness (QED) is 0.397. The molecule has 110 valence electrons. The topological polar surface area (TPSA) is 80.8 Å². The van der Waals surface area contributed by atoms with Gasteiger partial charge >= 0.3 is 12.1 Å². The number of hydrazine groups is 1. The zero-order chi connectivity index (χ0) is 15.3. The number of esters is 1. The highest BCUT2D eigenvalue weighted by atomic mass is 19.4. The number of alkyl halides is 3. The van der Waals surface area contributed by atoms with Crippen LogP contribution in [0.2, 0.25) is 0 Å². The molecule has 0 radical (unpaired) electrons. The molecule has 0 saturated heterocycles. The maximum Gasteiger partial charge on any atom is 0.433 e. The molecule has 1 heterocycles. The molecule has 0 spiro atoms. The number of anilines is 1. The number of rotatable bonds is 4. The van der Waals surface area contributed by atoms with Crippen LogP contribution in [0.15, 0.2) is 17.4 Å². The Labute approximate surface area is 113 Å². The van der Waals surface area contributed by atoms with E-state index in [0.717, 1.165) is 18.4 Å². The van der Waals surface area contributed by atoms with E-state index >= 15 is 0 Å². The van der Waals surface area contributed by atoms with Gasteiger partial charge in [-0.2, -0.15) is 23.4 Å². The van der Waals surface area contributed by atoms with Crippen molar-refractivity contribution in [3.63, 3.8) is 0 Å². The average Bonchev–Trinajstić information content (AvgIpc) is 2.42. The number of hydrazone groups is 1. The number of aromatic nitrogens is 1. The van der Waals surface area contributed by atoms with Gasteiger partial charge in [-0.25, -0.2) is 15.6 Å². The molecule has 1 aromatic heterocycles. The summed E-state index contributed by atoms with van der Waals surface area (Å²) in [5.74, 6) is 4.58. The van der Waals surface area contributed by atoms with Crippen LogP contribution in [0.25, 0.3) is 0 Å². The van der Waals surface area contributed by atoms with Crippen LogP contribution in [0.3, 0.4) is 0 Å². The number of halogens is 3. The number of nitrogens with zero attached hydrogens (tertiary/aromatic N) is 3. The Morgan fingerprint density at radius 1 is 1.60 bits per heavy atom. The normalized spacial score (nSPS) is 11.7.